The van der Waals surface area contributed by atoms with E-state index in [0.717, 1.165) is 43.2 Å². The molecule has 0 aliphatic carbocycles. The Labute approximate surface area is 134 Å². The van der Waals surface area contributed by atoms with Crippen LogP contribution in [-0.4, -0.2) is 41.9 Å². The fourth-order valence-electron chi connectivity index (χ4n) is 2.39. The summed E-state index contributed by atoms with van der Waals surface area (Å²) in [5.41, 5.74) is 1.37. The number of likely N-dealkylation sites (N-methyl/N-ethyl adjacent to an activating group) is 1. The van der Waals surface area contributed by atoms with Crippen molar-refractivity contribution < 1.29 is 0 Å². The molecule has 0 saturated carbocycles. The van der Waals surface area contributed by atoms with Gasteiger partial charge in [-0.05, 0) is 38.9 Å². The minimum Gasteiger partial charge on any atom is -0.309 e. The second-order valence-electron chi connectivity index (χ2n) is 7.18. The van der Waals surface area contributed by atoms with Crippen LogP contribution >= 0.6 is 11.6 Å². The molecular weight excluding hydrogens is 284 g/mol. The first-order valence-electron chi connectivity index (χ1n) is 7.84. The molecule has 0 fully saturated rings. The molecule has 1 rings (SSSR count). The van der Waals surface area contributed by atoms with Gasteiger partial charge in [0.2, 0.25) is 0 Å². The van der Waals surface area contributed by atoms with Gasteiger partial charge in [-0.15, -0.1) is 0 Å². The summed E-state index contributed by atoms with van der Waals surface area (Å²) >= 11 is 6.43. The molecule has 0 amide bonds. The molecule has 0 bridgehead atoms. The van der Waals surface area contributed by atoms with Crippen molar-refractivity contribution in [3.05, 3.63) is 16.9 Å². The summed E-state index contributed by atoms with van der Waals surface area (Å²) in [6.07, 6.45) is 3.93. The Hall–Kier alpha value is -0.580. The number of halogens is 1. The molecule has 0 spiro atoms. The lowest BCUT2D eigenvalue weighted by Gasteiger charge is -2.28. The highest BCUT2D eigenvalue weighted by Crippen LogP contribution is 2.32. The third kappa shape index (κ3) is 6.37. The second-order valence-corrected chi connectivity index (χ2v) is 7.58. The third-order valence-electron chi connectivity index (χ3n) is 3.38. The standard InChI is InChI=1S/C16H31ClN4/c1-7-8-18-14(11-16(2,3)4)15-13(17)12-19-21(15)10-9-20(5)6/h12,14,18H,7-11H2,1-6H3. The largest absolute Gasteiger partial charge is 0.309 e. The first-order valence-corrected chi connectivity index (χ1v) is 8.21. The van der Waals surface area contributed by atoms with Gasteiger partial charge in [-0.1, -0.05) is 39.3 Å². The van der Waals surface area contributed by atoms with Crippen molar-refractivity contribution in [3.8, 4) is 0 Å². The van der Waals surface area contributed by atoms with E-state index in [2.05, 4.69) is 61.8 Å². The van der Waals surface area contributed by atoms with Gasteiger partial charge in [0.15, 0.2) is 0 Å². The second kappa shape index (κ2) is 8.16. The van der Waals surface area contributed by atoms with E-state index >= 15 is 0 Å². The van der Waals surface area contributed by atoms with E-state index in [9.17, 15) is 0 Å². The summed E-state index contributed by atoms with van der Waals surface area (Å²) < 4.78 is 2.06. The molecule has 4 nitrogen and oxygen atoms in total. The van der Waals surface area contributed by atoms with Crippen LogP contribution in [0.15, 0.2) is 6.20 Å². The van der Waals surface area contributed by atoms with Crippen molar-refractivity contribution in [2.24, 2.45) is 5.41 Å². The van der Waals surface area contributed by atoms with Gasteiger partial charge in [0, 0.05) is 6.54 Å². The van der Waals surface area contributed by atoms with E-state index in [-0.39, 0.29) is 11.5 Å². The van der Waals surface area contributed by atoms with Gasteiger partial charge in [-0.3, -0.25) is 4.68 Å². The van der Waals surface area contributed by atoms with Crippen molar-refractivity contribution in [3.63, 3.8) is 0 Å². The van der Waals surface area contributed by atoms with Crippen LogP contribution in [0.25, 0.3) is 0 Å². The number of nitrogens with one attached hydrogen (secondary N) is 1. The van der Waals surface area contributed by atoms with Crippen LogP contribution in [0.2, 0.25) is 5.02 Å². The molecule has 0 aromatic carbocycles. The van der Waals surface area contributed by atoms with Gasteiger partial charge < -0.3 is 10.2 Å². The molecule has 1 unspecified atom stereocenters. The number of nitrogens with zero attached hydrogens (tertiary/aromatic N) is 3. The fourth-order valence-corrected chi connectivity index (χ4v) is 2.66. The Kier molecular flexibility index (Phi) is 7.17. The lowest BCUT2D eigenvalue weighted by Crippen LogP contribution is -2.30. The van der Waals surface area contributed by atoms with Gasteiger partial charge in [0.1, 0.15) is 0 Å². The fraction of sp³-hybridized carbons (Fsp3) is 0.812. The van der Waals surface area contributed by atoms with Gasteiger partial charge in [-0.25, -0.2) is 0 Å². The summed E-state index contributed by atoms with van der Waals surface area (Å²) in [6.45, 7) is 11.8. The lowest BCUT2D eigenvalue weighted by atomic mass is 9.87. The summed E-state index contributed by atoms with van der Waals surface area (Å²) in [6, 6.07) is 0.252. The summed E-state index contributed by atoms with van der Waals surface area (Å²) in [4.78, 5) is 2.16. The molecule has 1 aromatic rings. The highest BCUT2D eigenvalue weighted by molar-refractivity contribution is 6.31. The van der Waals surface area contributed by atoms with E-state index in [0.29, 0.717) is 0 Å². The zero-order chi connectivity index (χ0) is 16.0. The quantitative estimate of drug-likeness (QED) is 0.796. The molecule has 0 saturated heterocycles. The molecule has 1 aromatic heterocycles. The van der Waals surface area contributed by atoms with Crippen LogP contribution in [-0.2, 0) is 6.54 Å². The maximum Gasteiger partial charge on any atom is 0.0834 e. The zero-order valence-electron chi connectivity index (χ0n) is 14.4. The third-order valence-corrected chi connectivity index (χ3v) is 3.67. The number of hydrogen-bond acceptors (Lipinski definition) is 3. The molecule has 122 valence electrons. The molecule has 0 radical (unpaired) electrons. The minimum absolute atomic E-state index is 0.241. The molecule has 21 heavy (non-hydrogen) atoms. The Morgan fingerprint density at radius 3 is 2.57 bits per heavy atom. The van der Waals surface area contributed by atoms with Crippen LogP contribution in [0.4, 0.5) is 0 Å². The van der Waals surface area contributed by atoms with Gasteiger partial charge in [0.25, 0.3) is 0 Å². The Balaban J connectivity index is 2.96. The maximum atomic E-state index is 6.43. The predicted octanol–water partition coefficient (Wildman–Crippen LogP) is 3.58. The molecule has 0 aliphatic heterocycles. The number of rotatable bonds is 8. The molecule has 1 atom stereocenters. The van der Waals surface area contributed by atoms with Gasteiger partial charge in [0.05, 0.1) is 29.5 Å². The smallest absolute Gasteiger partial charge is 0.0834 e. The maximum absolute atomic E-state index is 6.43. The van der Waals surface area contributed by atoms with Crippen LogP contribution in [0.5, 0.6) is 0 Å². The van der Waals surface area contributed by atoms with Crippen LogP contribution in [0.3, 0.4) is 0 Å². The monoisotopic (exact) mass is 314 g/mol. The highest BCUT2D eigenvalue weighted by atomic mass is 35.5. The molecule has 1 N–H and O–H groups in total. The van der Waals surface area contributed by atoms with Crippen molar-refractivity contribution >= 4 is 11.6 Å². The van der Waals surface area contributed by atoms with Crippen molar-refractivity contribution in [2.75, 3.05) is 27.2 Å². The molecule has 0 aliphatic rings. The van der Waals surface area contributed by atoms with E-state index in [1.54, 1.807) is 6.20 Å². The van der Waals surface area contributed by atoms with Gasteiger partial charge >= 0.3 is 0 Å². The first kappa shape index (κ1) is 18.5. The van der Waals surface area contributed by atoms with E-state index in [1.807, 2.05) is 0 Å². The molecule has 1 heterocycles. The van der Waals surface area contributed by atoms with Gasteiger partial charge in [-0.2, -0.15) is 5.10 Å². The number of hydrogen-bond donors (Lipinski definition) is 1. The molecule has 5 heteroatoms. The Bertz CT molecular complexity index is 420. The highest BCUT2D eigenvalue weighted by Gasteiger charge is 2.25. The normalized spacial score (nSPS) is 13.9. The summed E-state index contributed by atoms with van der Waals surface area (Å²) in [7, 11) is 4.15. The number of aromatic nitrogens is 2. The van der Waals surface area contributed by atoms with Crippen molar-refractivity contribution in [2.45, 2.75) is 53.1 Å². The van der Waals surface area contributed by atoms with E-state index < -0.39 is 0 Å². The zero-order valence-corrected chi connectivity index (χ0v) is 15.2. The average Bonchev–Trinajstić information content (AvgIpc) is 2.72. The summed E-state index contributed by atoms with van der Waals surface area (Å²) in [5, 5.41) is 8.87. The summed E-state index contributed by atoms with van der Waals surface area (Å²) in [5.74, 6) is 0. The van der Waals surface area contributed by atoms with Crippen LogP contribution < -0.4 is 5.32 Å². The minimum atomic E-state index is 0.241. The topological polar surface area (TPSA) is 33.1 Å². The van der Waals surface area contributed by atoms with Crippen molar-refractivity contribution in [1.29, 1.82) is 0 Å². The van der Waals surface area contributed by atoms with E-state index in [4.69, 9.17) is 11.6 Å². The first-order chi connectivity index (χ1) is 9.74. The average molecular weight is 315 g/mol. The predicted molar refractivity (Wildman–Crippen MR) is 90.9 cm³/mol. The SMILES string of the molecule is CCCNC(CC(C)(C)C)c1c(Cl)cnn1CCN(C)C. The van der Waals surface area contributed by atoms with Crippen LogP contribution in [0.1, 0.15) is 52.3 Å². The molecular formula is C16H31ClN4. The van der Waals surface area contributed by atoms with E-state index in [1.165, 1.54) is 0 Å². The Morgan fingerprint density at radius 1 is 1.38 bits per heavy atom. The Morgan fingerprint density at radius 2 is 2.05 bits per heavy atom. The lowest BCUT2D eigenvalue weighted by molar-refractivity contribution is 0.296. The van der Waals surface area contributed by atoms with Crippen LogP contribution in [0, 0.1) is 5.41 Å². The van der Waals surface area contributed by atoms with Crippen molar-refractivity contribution in [1.82, 2.24) is 20.0 Å².